The highest BCUT2D eigenvalue weighted by atomic mass is 32.2. The maximum atomic E-state index is 13.5. The zero-order valence-corrected chi connectivity index (χ0v) is 23.7. The van der Waals surface area contributed by atoms with E-state index in [1.807, 2.05) is 97.9 Å². The molecular formula is C33H34O7S. The zero-order chi connectivity index (χ0) is 28.5. The summed E-state index contributed by atoms with van der Waals surface area (Å²) in [5.41, 5.74) is 3.76. The van der Waals surface area contributed by atoms with E-state index in [1.54, 1.807) is 12.1 Å². The summed E-state index contributed by atoms with van der Waals surface area (Å²) in [4.78, 5) is 0.0408. The largest absolute Gasteiger partial charge is 0.368 e. The van der Waals surface area contributed by atoms with Crippen molar-refractivity contribution in [2.24, 2.45) is 0 Å². The van der Waals surface area contributed by atoms with Crippen LogP contribution in [0.1, 0.15) is 22.3 Å². The quantitative estimate of drug-likeness (QED) is 0.198. The van der Waals surface area contributed by atoms with Crippen molar-refractivity contribution in [3.8, 4) is 0 Å². The first-order valence-corrected chi connectivity index (χ1v) is 15.0. The van der Waals surface area contributed by atoms with Gasteiger partial charge in [-0.2, -0.15) is 8.42 Å². The molecule has 41 heavy (non-hydrogen) atoms. The Hall–Kier alpha value is -3.37. The molecule has 0 saturated carbocycles. The zero-order valence-electron chi connectivity index (χ0n) is 22.9. The van der Waals surface area contributed by atoms with E-state index in [-0.39, 0.29) is 24.7 Å². The van der Waals surface area contributed by atoms with Crippen molar-refractivity contribution < 1.29 is 31.5 Å². The van der Waals surface area contributed by atoms with Crippen molar-refractivity contribution in [1.82, 2.24) is 0 Å². The van der Waals surface area contributed by atoms with Crippen LogP contribution in [0.3, 0.4) is 0 Å². The summed E-state index contributed by atoms with van der Waals surface area (Å²) in [6.07, 6.45) is -3.58. The summed E-state index contributed by atoms with van der Waals surface area (Å²) in [6.45, 7) is 2.76. The third kappa shape index (κ3) is 8.10. The van der Waals surface area contributed by atoms with Gasteiger partial charge in [-0.3, -0.25) is 4.18 Å². The van der Waals surface area contributed by atoms with E-state index < -0.39 is 34.7 Å². The first-order valence-electron chi connectivity index (χ1n) is 13.6. The number of benzene rings is 4. The minimum absolute atomic E-state index is 0.0408. The molecular weight excluding hydrogens is 540 g/mol. The lowest BCUT2D eigenvalue weighted by molar-refractivity contribution is -0.283. The summed E-state index contributed by atoms with van der Waals surface area (Å²) >= 11 is 0. The number of hydrogen-bond donors (Lipinski definition) is 0. The molecule has 214 valence electrons. The van der Waals surface area contributed by atoms with E-state index >= 15 is 0 Å². The first kappa shape index (κ1) is 29.1. The van der Waals surface area contributed by atoms with Gasteiger partial charge in [0, 0.05) is 0 Å². The predicted molar refractivity (Wildman–Crippen MR) is 154 cm³/mol. The molecule has 1 fully saturated rings. The molecule has 0 radical (unpaired) electrons. The van der Waals surface area contributed by atoms with Crippen LogP contribution in [0.5, 0.6) is 0 Å². The Balaban J connectivity index is 1.43. The number of rotatable bonds is 12. The molecule has 0 bridgehead atoms. The third-order valence-corrected chi connectivity index (χ3v) is 8.11. The topological polar surface area (TPSA) is 80.3 Å². The number of aryl methyl sites for hydroxylation is 1. The van der Waals surface area contributed by atoms with E-state index in [0.29, 0.717) is 6.61 Å². The summed E-state index contributed by atoms with van der Waals surface area (Å²) in [5, 5.41) is 0. The van der Waals surface area contributed by atoms with Crippen LogP contribution in [-0.4, -0.2) is 39.6 Å². The average Bonchev–Trinajstić information content (AvgIpc) is 3.00. The van der Waals surface area contributed by atoms with Crippen LogP contribution in [0.4, 0.5) is 0 Å². The van der Waals surface area contributed by atoms with Crippen LogP contribution >= 0.6 is 0 Å². The smallest absolute Gasteiger partial charge is 0.297 e. The van der Waals surface area contributed by atoms with Gasteiger partial charge < -0.3 is 18.9 Å². The van der Waals surface area contributed by atoms with Crippen molar-refractivity contribution in [2.45, 2.75) is 56.2 Å². The molecule has 4 aromatic rings. The highest BCUT2D eigenvalue weighted by Crippen LogP contribution is 2.30. The van der Waals surface area contributed by atoms with E-state index in [2.05, 4.69) is 0 Å². The highest BCUT2D eigenvalue weighted by molar-refractivity contribution is 7.86. The molecule has 1 saturated heterocycles. The van der Waals surface area contributed by atoms with Gasteiger partial charge in [-0.25, -0.2) is 0 Å². The summed E-state index contributed by atoms with van der Waals surface area (Å²) in [7, 11) is -4.19. The summed E-state index contributed by atoms with van der Waals surface area (Å²) < 4.78 is 57.8. The fraction of sp³-hybridized carbons (Fsp3) is 0.273. The second-order valence-electron chi connectivity index (χ2n) is 9.92. The van der Waals surface area contributed by atoms with E-state index in [1.165, 1.54) is 12.1 Å². The molecule has 0 N–H and O–H groups in total. The van der Waals surface area contributed by atoms with Crippen LogP contribution in [-0.2, 0) is 53.1 Å². The van der Waals surface area contributed by atoms with E-state index in [0.717, 1.165) is 22.3 Å². The molecule has 8 heteroatoms. The first-order chi connectivity index (χ1) is 20.0. The molecule has 1 heterocycles. The minimum Gasteiger partial charge on any atom is -0.368 e. The number of ether oxygens (including phenoxy) is 4. The minimum atomic E-state index is -4.19. The van der Waals surface area contributed by atoms with Gasteiger partial charge in [0.25, 0.3) is 10.1 Å². The Labute approximate surface area is 241 Å². The fourth-order valence-corrected chi connectivity index (χ4v) is 5.61. The molecule has 5 rings (SSSR count). The van der Waals surface area contributed by atoms with Gasteiger partial charge in [-0.05, 0) is 35.7 Å². The molecule has 4 atom stereocenters. The number of hydrogen-bond acceptors (Lipinski definition) is 7. The van der Waals surface area contributed by atoms with Gasteiger partial charge in [-0.15, -0.1) is 0 Å². The maximum Gasteiger partial charge on any atom is 0.297 e. The average molecular weight is 575 g/mol. The van der Waals surface area contributed by atoms with E-state index in [4.69, 9.17) is 23.1 Å². The Bertz CT molecular complexity index is 1450. The van der Waals surface area contributed by atoms with Crippen LogP contribution in [0.25, 0.3) is 0 Å². The van der Waals surface area contributed by atoms with Crippen molar-refractivity contribution >= 4 is 10.1 Å². The lowest BCUT2D eigenvalue weighted by Crippen LogP contribution is -2.57. The fourth-order valence-electron chi connectivity index (χ4n) is 4.54. The molecule has 7 nitrogen and oxygen atoms in total. The van der Waals surface area contributed by atoms with Crippen molar-refractivity contribution in [3.05, 3.63) is 138 Å². The highest BCUT2D eigenvalue weighted by Gasteiger charge is 2.46. The van der Waals surface area contributed by atoms with Gasteiger partial charge >= 0.3 is 0 Å². The predicted octanol–water partition coefficient (Wildman–Crippen LogP) is 5.81. The summed E-state index contributed by atoms with van der Waals surface area (Å²) in [5.74, 6) is 0. The monoisotopic (exact) mass is 574 g/mol. The molecule has 1 aliphatic heterocycles. The van der Waals surface area contributed by atoms with Gasteiger partial charge in [0.2, 0.25) is 0 Å². The molecule has 4 aromatic carbocycles. The normalized spacial score (nSPS) is 21.0. The van der Waals surface area contributed by atoms with Crippen molar-refractivity contribution in [1.29, 1.82) is 0 Å². The van der Waals surface area contributed by atoms with Gasteiger partial charge in [0.05, 0.1) is 31.3 Å². The van der Waals surface area contributed by atoms with Crippen LogP contribution in [0.2, 0.25) is 0 Å². The second-order valence-corrected chi connectivity index (χ2v) is 11.5. The lowest BCUT2D eigenvalue weighted by Gasteiger charge is -2.41. The SMILES string of the molecule is Cc1ccc(S(=O)(=O)O[C@H]2[C@H](OCc3ccccc3)OC[C@H](OCc3ccccc3)[C@H]2OCc2ccccc2)cc1. The molecule has 0 unspecified atom stereocenters. The lowest BCUT2D eigenvalue weighted by atomic mass is 10.0. The Morgan fingerprint density at radius 2 is 1.12 bits per heavy atom. The Morgan fingerprint density at radius 1 is 0.634 bits per heavy atom. The maximum absolute atomic E-state index is 13.5. The van der Waals surface area contributed by atoms with Crippen LogP contribution < -0.4 is 0 Å². The Morgan fingerprint density at radius 3 is 1.66 bits per heavy atom. The van der Waals surface area contributed by atoms with Crippen LogP contribution in [0.15, 0.2) is 120 Å². The molecule has 0 aliphatic carbocycles. The standard InChI is InChI=1S/C33H34O7S/c1-25-17-19-29(20-18-25)41(34,35)40-32-31(37-22-27-13-7-3-8-14-27)30(36-21-26-11-5-2-6-12-26)24-39-33(32)38-23-28-15-9-4-10-16-28/h2-20,30-33H,21-24H2,1H3/t30-,31+,32+,33+/m0/s1. The Kier molecular flexibility index (Phi) is 9.95. The van der Waals surface area contributed by atoms with E-state index in [9.17, 15) is 8.42 Å². The molecule has 0 aromatic heterocycles. The van der Waals surface area contributed by atoms with Gasteiger partial charge in [-0.1, -0.05) is 109 Å². The third-order valence-electron chi connectivity index (χ3n) is 6.78. The van der Waals surface area contributed by atoms with Crippen molar-refractivity contribution in [3.63, 3.8) is 0 Å². The van der Waals surface area contributed by atoms with Gasteiger partial charge in [0.1, 0.15) is 12.2 Å². The molecule has 0 amide bonds. The van der Waals surface area contributed by atoms with Gasteiger partial charge in [0.15, 0.2) is 12.4 Å². The van der Waals surface area contributed by atoms with Crippen molar-refractivity contribution in [2.75, 3.05) is 6.61 Å². The molecule has 1 aliphatic rings. The summed E-state index contributed by atoms with van der Waals surface area (Å²) in [6, 6.07) is 35.5. The molecule has 0 spiro atoms. The second kappa shape index (κ2) is 14.0. The van der Waals surface area contributed by atoms with Crippen LogP contribution in [0, 0.1) is 6.92 Å².